The van der Waals surface area contributed by atoms with E-state index in [0.717, 1.165) is 0 Å². The van der Waals surface area contributed by atoms with Crippen LogP contribution in [0.4, 0.5) is 0 Å². The first-order chi connectivity index (χ1) is 9.45. The van der Waals surface area contributed by atoms with E-state index in [9.17, 15) is 0 Å². The van der Waals surface area contributed by atoms with E-state index in [2.05, 4.69) is 91.0 Å². The topological polar surface area (TPSA) is 0 Å². The molecule has 0 unspecified atom stereocenters. The molecule has 3 aromatic carbocycles. The Hall–Kier alpha value is -1.25. The third-order valence-corrected chi connectivity index (χ3v) is 5.49. The Morgan fingerprint density at radius 1 is 0.400 bits per heavy atom. The first-order valence-corrected chi connectivity index (χ1v) is 7.74. The van der Waals surface area contributed by atoms with E-state index in [1.165, 1.54) is 15.9 Å². The number of hydrogen-bond donors (Lipinski definition) is 0. The molecule has 0 radical (unpaired) electrons. The van der Waals surface area contributed by atoms with E-state index in [-0.39, 0.29) is 20.4 Å². The zero-order valence-electron chi connectivity index (χ0n) is 10.9. The molecule has 0 spiro atoms. The molecule has 20 heavy (non-hydrogen) atoms. The summed E-state index contributed by atoms with van der Waals surface area (Å²) in [7, 11) is -0.446. The zero-order valence-corrected chi connectivity index (χ0v) is 13.4. The average Bonchev–Trinajstić information content (AvgIpc) is 2.51. The maximum absolute atomic E-state index is 2.23. The van der Waals surface area contributed by atoms with Crippen molar-refractivity contribution in [2.24, 2.45) is 0 Å². The molecule has 3 rings (SSSR count). The summed E-state index contributed by atoms with van der Waals surface area (Å²) < 4.78 is 0. The van der Waals surface area contributed by atoms with Crippen molar-refractivity contribution < 1.29 is 20.4 Å². The van der Waals surface area contributed by atoms with Gasteiger partial charge in [-0.3, -0.25) is 0 Å². The van der Waals surface area contributed by atoms with Crippen LogP contribution in [0.1, 0.15) is 0 Å². The van der Waals surface area contributed by atoms with Crippen LogP contribution in [0.5, 0.6) is 0 Å². The molecule has 3 aromatic rings. The van der Waals surface area contributed by atoms with Crippen molar-refractivity contribution in [3.63, 3.8) is 0 Å². The minimum Gasteiger partial charge on any atom is -2.00 e. The van der Waals surface area contributed by atoms with Gasteiger partial charge in [0.05, 0.1) is 0 Å². The first kappa shape index (κ1) is 15.1. The van der Waals surface area contributed by atoms with Crippen LogP contribution in [0.25, 0.3) is 0 Å². The summed E-state index contributed by atoms with van der Waals surface area (Å²) in [4.78, 5) is 0. The minimum atomic E-state index is -0.446. The van der Waals surface area contributed by atoms with Crippen LogP contribution >= 0.6 is 7.92 Å². The molecule has 0 nitrogen and oxygen atoms in total. The predicted octanol–water partition coefficient (Wildman–Crippen LogP) is 3.44. The normalized spacial score (nSPS) is 10.1. The van der Waals surface area contributed by atoms with Crippen LogP contribution < -0.4 is 15.9 Å². The van der Waals surface area contributed by atoms with Crippen LogP contribution in [0, 0.1) is 0 Å². The van der Waals surface area contributed by atoms with Crippen LogP contribution in [-0.2, 0) is 20.4 Å². The standard InChI is InChI=1S/C18H15P.Pd/c1-4-10-16(11-5-1)19(17-12-6-2-7-13-17)18-14-8-3-9-15-18;/h1-15H;/q;-2. The molecule has 0 aromatic heterocycles. The number of rotatable bonds is 3. The Morgan fingerprint density at radius 3 is 0.900 bits per heavy atom. The summed E-state index contributed by atoms with van der Waals surface area (Å²) in [6.45, 7) is 0. The molecule has 0 N–H and O–H groups in total. The fourth-order valence-electron chi connectivity index (χ4n) is 2.18. The van der Waals surface area contributed by atoms with Gasteiger partial charge in [-0.1, -0.05) is 91.0 Å². The minimum absolute atomic E-state index is 0. The van der Waals surface area contributed by atoms with Gasteiger partial charge in [0, 0.05) is 0 Å². The van der Waals surface area contributed by atoms with Crippen molar-refractivity contribution >= 4 is 23.8 Å². The molecule has 0 atom stereocenters. The van der Waals surface area contributed by atoms with E-state index in [1.54, 1.807) is 0 Å². The van der Waals surface area contributed by atoms with Gasteiger partial charge in [-0.15, -0.1) is 0 Å². The second-order valence-corrected chi connectivity index (χ2v) is 6.56. The van der Waals surface area contributed by atoms with Gasteiger partial charge in [-0.05, 0) is 23.8 Å². The maximum atomic E-state index is 2.23. The summed E-state index contributed by atoms with van der Waals surface area (Å²) in [6.07, 6.45) is 0. The van der Waals surface area contributed by atoms with Gasteiger partial charge in [-0.2, -0.15) is 0 Å². The summed E-state index contributed by atoms with van der Waals surface area (Å²) in [6, 6.07) is 32.3. The van der Waals surface area contributed by atoms with Gasteiger partial charge in [0.1, 0.15) is 0 Å². The van der Waals surface area contributed by atoms with Gasteiger partial charge in [0.2, 0.25) is 0 Å². The molecular weight excluding hydrogens is 354 g/mol. The van der Waals surface area contributed by atoms with Gasteiger partial charge in [0.25, 0.3) is 0 Å². The van der Waals surface area contributed by atoms with Crippen LogP contribution in [0.3, 0.4) is 0 Å². The molecule has 0 saturated heterocycles. The number of hydrogen-bond acceptors (Lipinski definition) is 0. The Morgan fingerprint density at radius 2 is 0.650 bits per heavy atom. The third kappa shape index (κ3) is 3.44. The largest absolute Gasteiger partial charge is 2.00 e. The molecule has 0 saturated carbocycles. The summed E-state index contributed by atoms with van der Waals surface area (Å²) in [5.41, 5.74) is 0. The van der Waals surface area contributed by atoms with E-state index in [0.29, 0.717) is 0 Å². The molecule has 0 aliphatic heterocycles. The Labute approximate surface area is 135 Å². The van der Waals surface area contributed by atoms with Crippen LogP contribution in [-0.4, -0.2) is 0 Å². The SMILES string of the molecule is [Pd-2].c1ccc(P(c2ccccc2)c2ccccc2)cc1. The molecule has 0 bridgehead atoms. The third-order valence-electron chi connectivity index (χ3n) is 3.04. The van der Waals surface area contributed by atoms with Crippen molar-refractivity contribution in [2.75, 3.05) is 0 Å². The molecule has 0 aliphatic carbocycles. The monoisotopic (exact) mass is 368 g/mol. The molecule has 0 amide bonds. The predicted molar refractivity (Wildman–Crippen MR) is 85.1 cm³/mol. The fourth-order valence-corrected chi connectivity index (χ4v) is 4.48. The Balaban J connectivity index is 0.00000147. The first-order valence-electron chi connectivity index (χ1n) is 6.40. The molecular formula is C18H15PPd-2. The van der Waals surface area contributed by atoms with Crippen molar-refractivity contribution in [1.29, 1.82) is 0 Å². The molecule has 0 aliphatic rings. The fraction of sp³-hybridized carbons (Fsp3) is 0. The zero-order chi connectivity index (χ0) is 12.9. The second kappa shape index (κ2) is 7.51. The van der Waals surface area contributed by atoms with E-state index < -0.39 is 7.92 Å². The Kier molecular flexibility index (Phi) is 5.69. The van der Waals surface area contributed by atoms with E-state index >= 15 is 0 Å². The Bertz CT molecular complexity index is 529. The quantitative estimate of drug-likeness (QED) is 0.491. The summed E-state index contributed by atoms with van der Waals surface area (Å²) >= 11 is 0. The average molecular weight is 369 g/mol. The second-order valence-electron chi connectivity index (χ2n) is 4.34. The van der Waals surface area contributed by atoms with Crippen molar-refractivity contribution in [2.45, 2.75) is 0 Å². The van der Waals surface area contributed by atoms with Gasteiger partial charge < -0.3 is 20.4 Å². The van der Waals surface area contributed by atoms with Gasteiger partial charge >= 0.3 is 0 Å². The van der Waals surface area contributed by atoms with E-state index in [1.807, 2.05) is 0 Å². The van der Waals surface area contributed by atoms with Crippen molar-refractivity contribution in [1.82, 2.24) is 0 Å². The number of benzene rings is 3. The molecule has 104 valence electrons. The molecule has 0 fully saturated rings. The summed E-state index contributed by atoms with van der Waals surface area (Å²) in [5, 5.41) is 4.19. The van der Waals surface area contributed by atoms with E-state index in [4.69, 9.17) is 0 Å². The van der Waals surface area contributed by atoms with Crippen LogP contribution in [0.2, 0.25) is 0 Å². The van der Waals surface area contributed by atoms with Crippen LogP contribution in [0.15, 0.2) is 91.0 Å². The molecule has 2 heteroatoms. The van der Waals surface area contributed by atoms with Crippen molar-refractivity contribution in [3.05, 3.63) is 91.0 Å². The van der Waals surface area contributed by atoms with Gasteiger partial charge in [-0.25, -0.2) is 0 Å². The summed E-state index contributed by atoms with van der Waals surface area (Å²) in [5.74, 6) is 0. The smallest absolute Gasteiger partial charge is 0.0134 e. The molecule has 0 heterocycles. The van der Waals surface area contributed by atoms with Crippen molar-refractivity contribution in [3.8, 4) is 0 Å². The van der Waals surface area contributed by atoms with Gasteiger partial charge in [0.15, 0.2) is 0 Å². The maximum Gasteiger partial charge on any atom is -0.0134 e.